The van der Waals surface area contributed by atoms with Gasteiger partial charge in [-0.3, -0.25) is 0 Å². The maximum absolute atomic E-state index is 2.37. The third-order valence-electron chi connectivity index (χ3n) is 3.53. The van der Waals surface area contributed by atoms with E-state index in [0.29, 0.717) is 0 Å². The maximum Gasteiger partial charge on any atom is 0.176 e. The minimum Gasteiger partial charge on any atom is -0.200 e. The Morgan fingerprint density at radius 1 is 1.06 bits per heavy atom. The third-order valence-corrected chi connectivity index (χ3v) is 3.53. The highest BCUT2D eigenvalue weighted by Gasteiger charge is 2.27. The van der Waals surface area contributed by atoms with Gasteiger partial charge in [0.2, 0.25) is 0 Å². The number of aromatic nitrogens is 1. The molecule has 0 fully saturated rings. The molecule has 1 aromatic heterocycles. The first-order valence-electron chi connectivity index (χ1n) is 6.44. The van der Waals surface area contributed by atoms with Crippen molar-refractivity contribution in [3.8, 4) is 0 Å². The van der Waals surface area contributed by atoms with E-state index in [0.717, 1.165) is 6.42 Å². The lowest BCUT2D eigenvalue weighted by atomic mass is 9.85. The molecule has 17 heavy (non-hydrogen) atoms. The SMILES string of the molecule is CC(C)(C)C1=Cc2c[n+](C(C)(C)C)ccc2C1. The average molecular weight is 230 g/mol. The van der Waals surface area contributed by atoms with E-state index < -0.39 is 0 Å². The summed E-state index contributed by atoms with van der Waals surface area (Å²) in [7, 11) is 0. The molecule has 0 N–H and O–H groups in total. The first-order valence-corrected chi connectivity index (χ1v) is 6.44. The molecular weight excluding hydrogens is 206 g/mol. The summed E-state index contributed by atoms with van der Waals surface area (Å²) in [6.07, 6.45) is 7.98. The minimum absolute atomic E-state index is 0.160. The van der Waals surface area contributed by atoms with E-state index >= 15 is 0 Å². The van der Waals surface area contributed by atoms with Crippen LogP contribution in [0.3, 0.4) is 0 Å². The summed E-state index contributed by atoms with van der Waals surface area (Å²) in [5.41, 5.74) is 4.85. The fourth-order valence-electron chi connectivity index (χ4n) is 2.18. The van der Waals surface area contributed by atoms with Crippen LogP contribution < -0.4 is 4.57 Å². The Balaban J connectivity index is 2.40. The number of nitrogens with zero attached hydrogens (tertiary/aromatic N) is 1. The molecule has 1 aliphatic carbocycles. The molecule has 2 rings (SSSR count). The van der Waals surface area contributed by atoms with Crippen molar-refractivity contribution in [3.63, 3.8) is 0 Å². The maximum atomic E-state index is 2.37. The molecule has 1 heterocycles. The zero-order valence-corrected chi connectivity index (χ0v) is 12.0. The highest BCUT2D eigenvalue weighted by molar-refractivity contribution is 5.63. The molecule has 0 saturated carbocycles. The van der Waals surface area contributed by atoms with Gasteiger partial charge in [0.05, 0.1) is 0 Å². The van der Waals surface area contributed by atoms with Crippen LogP contribution in [0.4, 0.5) is 0 Å². The Labute approximate surface area is 105 Å². The van der Waals surface area contributed by atoms with Gasteiger partial charge in [0.15, 0.2) is 17.9 Å². The minimum atomic E-state index is 0.160. The lowest BCUT2D eigenvalue weighted by molar-refractivity contribution is -0.754. The van der Waals surface area contributed by atoms with E-state index in [2.05, 4.69) is 70.6 Å². The lowest BCUT2D eigenvalue weighted by Gasteiger charge is -2.19. The van der Waals surface area contributed by atoms with Crippen LogP contribution >= 0.6 is 0 Å². The van der Waals surface area contributed by atoms with Crippen molar-refractivity contribution in [2.75, 3.05) is 0 Å². The molecule has 92 valence electrons. The monoisotopic (exact) mass is 230 g/mol. The van der Waals surface area contributed by atoms with Crippen molar-refractivity contribution in [2.45, 2.75) is 53.5 Å². The third kappa shape index (κ3) is 2.43. The molecule has 0 unspecified atom stereocenters. The number of rotatable bonds is 0. The van der Waals surface area contributed by atoms with Gasteiger partial charge in [-0.25, -0.2) is 4.57 Å². The summed E-state index contributed by atoms with van der Waals surface area (Å²) < 4.78 is 2.30. The number of allylic oxidation sites excluding steroid dienone is 1. The largest absolute Gasteiger partial charge is 0.200 e. The summed E-state index contributed by atoms with van der Waals surface area (Å²) in [6, 6.07) is 2.27. The lowest BCUT2D eigenvalue weighted by Crippen LogP contribution is -2.49. The molecule has 0 saturated heterocycles. The molecule has 0 radical (unpaired) electrons. The van der Waals surface area contributed by atoms with Gasteiger partial charge in [-0.15, -0.1) is 0 Å². The number of hydrogen-bond donors (Lipinski definition) is 0. The van der Waals surface area contributed by atoms with Crippen molar-refractivity contribution in [3.05, 3.63) is 35.2 Å². The van der Waals surface area contributed by atoms with Crippen LogP contribution in [0.2, 0.25) is 0 Å². The molecule has 1 nitrogen and oxygen atoms in total. The van der Waals surface area contributed by atoms with E-state index in [1.165, 1.54) is 11.1 Å². The fraction of sp³-hybridized carbons (Fsp3) is 0.562. The summed E-state index contributed by atoms with van der Waals surface area (Å²) in [6.45, 7) is 13.6. The Kier molecular flexibility index (Phi) is 2.68. The van der Waals surface area contributed by atoms with Gasteiger partial charge in [-0.1, -0.05) is 26.3 Å². The molecule has 1 aliphatic rings. The summed E-state index contributed by atoms with van der Waals surface area (Å²) in [5.74, 6) is 0. The highest BCUT2D eigenvalue weighted by Crippen LogP contribution is 2.35. The van der Waals surface area contributed by atoms with Crippen molar-refractivity contribution < 1.29 is 4.57 Å². The smallest absolute Gasteiger partial charge is 0.176 e. The van der Waals surface area contributed by atoms with Crippen molar-refractivity contribution in [1.82, 2.24) is 0 Å². The topological polar surface area (TPSA) is 3.88 Å². The molecular formula is C16H24N+. The molecule has 0 amide bonds. The first-order chi connectivity index (χ1) is 7.68. The summed E-state index contributed by atoms with van der Waals surface area (Å²) in [4.78, 5) is 0. The van der Waals surface area contributed by atoms with Crippen LogP contribution in [0.25, 0.3) is 6.08 Å². The van der Waals surface area contributed by atoms with Crippen LogP contribution in [0.15, 0.2) is 24.0 Å². The van der Waals surface area contributed by atoms with Gasteiger partial charge in [0.1, 0.15) is 0 Å². The number of fused-ring (bicyclic) bond motifs is 1. The van der Waals surface area contributed by atoms with Crippen molar-refractivity contribution in [1.29, 1.82) is 0 Å². The van der Waals surface area contributed by atoms with Gasteiger partial charge in [-0.05, 0) is 23.5 Å². The normalized spacial score (nSPS) is 15.8. The molecule has 0 bridgehead atoms. The van der Waals surface area contributed by atoms with Crippen molar-refractivity contribution in [2.24, 2.45) is 5.41 Å². The predicted molar refractivity (Wildman–Crippen MR) is 72.8 cm³/mol. The second-order valence-electron chi connectivity index (χ2n) is 7.10. The van der Waals surface area contributed by atoms with Gasteiger partial charge in [0.25, 0.3) is 0 Å². The zero-order valence-electron chi connectivity index (χ0n) is 12.0. The van der Waals surface area contributed by atoms with E-state index in [1.807, 2.05) is 0 Å². The first kappa shape index (κ1) is 12.3. The summed E-state index contributed by atoms with van der Waals surface area (Å²) in [5, 5.41) is 0. The fourth-order valence-corrected chi connectivity index (χ4v) is 2.18. The highest BCUT2D eigenvalue weighted by atomic mass is 15.0. The average Bonchev–Trinajstić information content (AvgIpc) is 2.57. The van der Waals surface area contributed by atoms with Crippen LogP contribution in [0.5, 0.6) is 0 Å². The van der Waals surface area contributed by atoms with Gasteiger partial charge < -0.3 is 0 Å². The molecule has 1 heteroatoms. The van der Waals surface area contributed by atoms with E-state index in [4.69, 9.17) is 0 Å². The second-order valence-corrected chi connectivity index (χ2v) is 7.10. The van der Waals surface area contributed by atoms with Gasteiger partial charge in [0, 0.05) is 32.4 Å². The van der Waals surface area contributed by atoms with E-state index in [1.54, 1.807) is 5.57 Å². The van der Waals surface area contributed by atoms with Gasteiger partial charge >= 0.3 is 0 Å². The second kappa shape index (κ2) is 3.69. The number of hydrogen-bond acceptors (Lipinski definition) is 0. The van der Waals surface area contributed by atoms with Crippen LogP contribution in [-0.2, 0) is 12.0 Å². The molecule has 0 aliphatic heterocycles. The van der Waals surface area contributed by atoms with Crippen molar-refractivity contribution >= 4 is 6.08 Å². The Bertz CT molecular complexity index is 467. The molecule has 0 atom stereocenters. The molecule has 0 aromatic carbocycles. The standard InChI is InChI=1S/C16H24N/c1-15(2,3)14-9-12-7-8-17(16(4,5)6)11-13(12)10-14/h7-8,10-11H,9H2,1-6H3/q+1. The summed E-state index contributed by atoms with van der Waals surface area (Å²) >= 11 is 0. The number of pyridine rings is 1. The Hall–Kier alpha value is -1.11. The molecule has 1 aromatic rings. The van der Waals surface area contributed by atoms with E-state index in [-0.39, 0.29) is 11.0 Å². The quantitative estimate of drug-likeness (QED) is 0.598. The van der Waals surface area contributed by atoms with Crippen LogP contribution in [0.1, 0.15) is 52.7 Å². The Morgan fingerprint density at radius 2 is 1.71 bits per heavy atom. The predicted octanol–water partition coefficient (Wildman–Crippen LogP) is 3.71. The van der Waals surface area contributed by atoms with Crippen LogP contribution in [-0.4, -0.2) is 0 Å². The zero-order chi connectivity index (χ0) is 12.8. The Morgan fingerprint density at radius 3 is 2.24 bits per heavy atom. The van der Waals surface area contributed by atoms with Crippen LogP contribution in [0, 0.1) is 5.41 Å². The molecule has 0 spiro atoms. The van der Waals surface area contributed by atoms with Gasteiger partial charge in [-0.2, -0.15) is 0 Å². The van der Waals surface area contributed by atoms with E-state index in [9.17, 15) is 0 Å².